The predicted molar refractivity (Wildman–Crippen MR) is 73.5 cm³/mol. The van der Waals surface area contributed by atoms with Crippen molar-refractivity contribution in [2.75, 3.05) is 36.0 Å². The molecule has 1 N–H and O–H groups in total. The zero-order valence-electron chi connectivity index (χ0n) is 10.5. The predicted octanol–water partition coefficient (Wildman–Crippen LogP) is 0.491. The molecule has 1 fully saturated rings. The van der Waals surface area contributed by atoms with Crippen LogP contribution in [0.1, 0.15) is 0 Å². The van der Waals surface area contributed by atoms with Crippen molar-refractivity contribution in [1.29, 1.82) is 0 Å². The molecule has 0 aromatic carbocycles. The molecule has 6 nitrogen and oxygen atoms in total. The highest BCUT2D eigenvalue weighted by atomic mass is 16.1. The number of H-pyrrole nitrogens is 1. The monoisotopic (exact) mass is 257 g/mol. The summed E-state index contributed by atoms with van der Waals surface area (Å²) in [7, 11) is 0. The average Bonchev–Trinajstić information content (AvgIpc) is 2.48. The molecule has 0 saturated carbocycles. The fraction of sp³-hybridized carbons (Fsp3) is 0.308. The maximum absolute atomic E-state index is 11.3. The zero-order valence-corrected chi connectivity index (χ0v) is 10.5. The number of aromatic nitrogens is 3. The molecule has 0 radical (unpaired) electrons. The molecule has 0 atom stereocenters. The number of nitrogens with one attached hydrogen (secondary N) is 1. The molecule has 6 heteroatoms. The van der Waals surface area contributed by atoms with Gasteiger partial charge in [0.05, 0.1) is 0 Å². The van der Waals surface area contributed by atoms with E-state index in [-0.39, 0.29) is 5.56 Å². The van der Waals surface area contributed by atoms with Crippen LogP contribution in [0, 0.1) is 0 Å². The van der Waals surface area contributed by atoms with E-state index in [4.69, 9.17) is 0 Å². The van der Waals surface area contributed by atoms with E-state index in [0.717, 1.165) is 37.7 Å². The molecule has 2 aromatic rings. The molecule has 1 saturated heterocycles. The van der Waals surface area contributed by atoms with Gasteiger partial charge in [0.15, 0.2) is 0 Å². The zero-order chi connectivity index (χ0) is 13.1. The molecular weight excluding hydrogens is 242 g/mol. The first-order chi connectivity index (χ1) is 9.33. The van der Waals surface area contributed by atoms with Gasteiger partial charge in [-0.25, -0.2) is 9.97 Å². The average molecular weight is 257 g/mol. The Morgan fingerprint density at radius 3 is 2.58 bits per heavy atom. The summed E-state index contributed by atoms with van der Waals surface area (Å²) in [5, 5.41) is 0. The van der Waals surface area contributed by atoms with Crippen molar-refractivity contribution in [3.63, 3.8) is 0 Å². The number of anilines is 2. The summed E-state index contributed by atoms with van der Waals surface area (Å²) in [6.45, 7) is 3.55. The lowest BCUT2D eigenvalue weighted by Gasteiger charge is -2.36. The molecule has 1 aliphatic heterocycles. The van der Waals surface area contributed by atoms with Crippen molar-refractivity contribution in [2.24, 2.45) is 0 Å². The van der Waals surface area contributed by atoms with Crippen molar-refractivity contribution in [1.82, 2.24) is 15.0 Å². The Kier molecular flexibility index (Phi) is 3.14. The Morgan fingerprint density at radius 1 is 1.11 bits per heavy atom. The standard InChI is InChI=1S/C13H15N5O/c19-13-9-11(1-4-15-13)17-5-7-18(8-6-17)12-2-3-14-10-16-12/h1-4,9-10H,5-8H2,(H,15,19). The van der Waals surface area contributed by atoms with Crippen LogP contribution in [0.2, 0.25) is 0 Å². The van der Waals surface area contributed by atoms with Gasteiger partial charge in [0.25, 0.3) is 0 Å². The number of aromatic amines is 1. The van der Waals surface area contributed by atoms with E-state index in [2.05, 4.69) is 24.8 Å². The van der Waals surface area contributed by atoms with Crippen LogP contribution < -0.4 is 15.4 Å². The topological polar surface area (TPSA) is 65.1 Å². The Balaban J connectivity index is 1.68. The highest BCUT2D eigenvalue weighted by molar-refractivity contribution is 5.47. The van der Waals surface area contributed by atoms with Crippen LogP contribution in [0.3, 0.4) is 0 Å². The minimum Gasteiger partial charge on any atom is -0.368 e. The van der Waals surface area contributed by atoms with E-state index in [0.29, 0.717) is 0 Å². The first-order valence-electron chi connectivity index (χ1n) is 6.27. The van der Waals surface area contributed by atoms with Gasteiger partial charge in [0.2, 0.25) is 5.56 Å². The van der Waals surface area contributed by atoms with E-state index >= 15 is 0 Å². The lowest BCUT2D eigenvalue weighted by molar-refractivity contribution is 0.646. The maximum Gasteiger partial charge on any atom is 0.249 e. The second-order valence-electron chi connectivity index (χ2n) is 4.45. The van der Waals surface area contributed by atoms with E-state index in [9.17, 15) is 4.79 Å². The van der Waals surface area contributed by atoms with Crippen LogP contribution in [0.15, 0.2) is 41.7 Å². The van der Waals surface area contributed by atoms with Crippen molar-refractivity contribution in [3.8, 4) is 0 Å². The Hall–Kier alpha value is -2.37. The van der Waals surface area contributed by atoms with Crippen molar-refractivity contribution in [3.05, 3.63) is 47.3 Å². The van der Waals surface area contributed by atoms with E-state index in [1.807, 2.05) is 12.1 Å². The van der Waals surface area contributed by atoms with E-state index in [1.165, 1.54) is 0 Å². The molecule has 98 valence electrons. The summed E-state index contributed by atoms with van der Waals surface area (Å²) < 4.78 is 0. The van der Waals surface area contributed by atoms with Gasteiger partial charge in [-0.05, 0) is 12.1 Å². The normalized spacial score (nSPS) is 15.6. The molecule has 3 rings (SSSR count). The Labute approximate surface area is 110 Å². The molecule has 0 bridgehead atoms. The van der Waals surface area contributed by atoms with Crippen LogP contribution >= 0.6 is 0 Å². The highest BCUT2D eigenvalue weighted by Crippen LogP contribution is 2.16. The molecule has 2 aromatic heterocycles. The van der Waals surface area contributed by atoms with Gasteiger partial charge in [-0.1, -0.05) is 0 Å². The highest BCUT2D eigenvalue weighted by Gasteiger charge is 2.18. The van der Waals surface area contributed by atoms with Crippen LogP contribution in [-0.2, 0) is 0 Å². The van der Waals surface area contributed by atoms with Crippen molar-refractivity contribution in [2.45, 2.75) is 0 Å². The molecule has 0 amide bonds. The fourth-order valence-electron chi connectivity index (χ4n) is 2.29. The number of rotatable bonds is 2. The SMILES string of the molecule is O=c1cc(N2CCN(c3ccncn3)CC2)cc[nH]1. The third-order valence-electron chi connectivity index (χ3n) is 3.29. The quantitative estimate of drug-likeness (QED) is 0.848. The number of hydrogen-bond acceptors (Lipinski definition) is 5. The summed E-state index contributed by atoms with van der Waals surface area (Å²) in [5.74, 6) is 0.959. The summed E-state index contributed by atoms with van der Waals surface area (Å²) in [6, 6.07) is 5.49. The van der Waals surface area contributed by atoms with Crippen LogP contribution in [-0.4, -0.2) is 41.1 Å². The molecule has 19 heavy (non-hydrogen) atoms. The van der Waals surface area contributed by atoms with Crippen molar-refractivity contribution < 1.29 is 0 Å². The largest absolute Gasteiger partial charge is 0.368 e. The lowest BCUT2D eigenvalue weighted by Crippen LogP contribution is -2.47. The minimum absolute atomic E-state index is 0.0595. The number of pyridine rings is 1. The van der Waals surface area contributed by atoms with Gasteiger partial charge in [-0.2, -0.15) is 0 Å². The second-order valence-corrected chi connectivity index (χ2v) is 4.45. The molecular formula is C13H15N5O. The van der Waals surface area contributed by atoms with E-state index in [1.54, 1.807) is 24.8 Å². The number of nitrogens with zero attached hydrogens (tertiary/aromatic N) is 4. The van der Waals surface area contributed by atoms with Gasteiger partial charge >= 0.3 is 0 Å². The lowest BCUT2D eigenvalue weighted by atomic mass is 10.2. The van der Waals surface area contributed by atoms with E-state index < -0.39 is 0 Å². The Morgan fingerprint density at radius 2 is 1.89 bits per heavy atom. The van der Waals surface area contributed by atoms with Gasteiger partial charge in [0, 0.05) is 50.3 Å². The summed E-state index contributed by atoms with van der Waals surface area (Å²) in [5.41, 5.74) is 0.918. The maximum atomic E-state index is 11.3. The molecule has 0 aliphatic carbocycles. The molecule has 3 heterocycles. The van der Waals surface area contributed by atoms with Gasteiger partial charge in [0.1, 0.15) is 12.1 Å². The second kappa shape index (κ2) is 5.09. The smallest absolute Gasteiger partial charge is 0.249 e. The van der Waals surface area contributed by atoms with Gasteiger partial charge in [-0.15, -0.1) is 0 Å². The third kappa shape index (κ3) is 2.57. The summed E-state index contributed by atoms with van der Waals surface area (Å²) in [4.78, 5) is 26.6. The van der Waals surface area contributed by atoms with Gasteiger partial charge < -0.3 is 14.8 Å². The molecule has 1 aliphatic rings. The first kappa shape index (κ1) is 11.7. The van der Waals surface area contributed by atoms with Gasteiger partial charge in [-0.3, -0.25) is 4.79 Å². The van der Waals surface area contributed by atoms with Crippen LogP contribution in [0.25, 0.3) is 0 Å². The van der Waals surface area contributed by atoms with Crippen molar-refractivity contribution >= 4 is 11.5 Å². The minimum atomic E-state index is -0.0595. The number of piperazine rings is 1. The molecule has 0 spiro atoms. The third-order valence-corrected chi connectivity index (χ3v) is 3.29. The van der Waals surface area contributed by atoms with Crippen LogP contribution in [0.4, 0.5) is 11.5 Å². The summed E-state index contributed by atoms with van der Waals surface area (Å²) >= 11 is 0. The fourth-order valence-corrected chi connectivity index (χ4v) is 2.29. The summed E-state index contributed by atoms with van der Waals surface area (Å²) in [6.07, 6.45) is 5.01. The Bertz CT molecular complexity index is 589. The number of hydrogen-bond donors (Lipinski definition) is 1. The van der Waals surface area contributed by atoms with Crippen LogP contribution in [0.5, 0.6) is 0 Å². The molecule has 0 unspecified atom stereocenters. The first-order valence-corrected chi connectivity index (χ1v) is 6.27.